The third-order valence-electron chi connectivity index (χ3n) is 10.8. The van der Waals surface area contributed by atoms with Crippen molar-refractivity contribution in [3.8, 4) is 12.3 Å². The first kappa shape index (κ1) is 18.5. The van der Waals surface area contributed by atoms with Crippen LogP contribution in [0.25, 0.3) is 0 Å². The van der Waals surface area contributed by atoms with Crippen molar-refractivity contribution in [2.24, 2.45) is 34.5 Å². The van der Waals surface area contributed by atoms with Crippen LogP contribution in [0.2, 0.25) is 0 Å². The fourth-order valence-electron chi connectivity index (χ4n) is 9.37. The molecule has 2 aliphatic heterocycles. The summed E-state index contributed by atoms with van der Waals surface area (Å²) < 4.78 is 0. The van der Waals surface area contributed by atoms with E-state index in [0.29, 0.717) is 22.8 Å². The molecular weight excluding hydrogens is 330 g/mol. The second-order valence-corrected chi connectivity index (χ2v) is 11.4. The molecule has 1 N–H and O–H groups in total. The molecule has 9 atom stereocenters. The van der Waals surface area contributed by atoms with Crippen LogP contribution in [-0.4, -0.2) is 34.2 Å². The predicted molar refractivity (Wildman–Crippen MR) is 110 cm³/mol. The zero-order valence-corrected chi connectivity index (χ0v) is 17.7. The van der Waals surface area contributed by atoms with Crippen molar-refractivity contribution in [2.75, 3.05) is 6.54 Å². The van der Waals surface area contributed by atoms with Gasteiger partial charge >= 0.3 is 0 Å². The molecule has 3 aliphatic carbocycles. The Hall–Kier alpha value is -0.520. The molecule has 5 aliphatic rings. The standard InChI is InChI=1S/C25H39NO/c1-5-25-12-6-7-19(25)20-8-9-22-23(3)13-11-21(27)17(2)18(23)10-14-24(22,4)26(20)16-15-25/h1,17-22,27H,6-16H2,2-4H3. The summed E-state index contributed by atoms with van der Waals surface area (Å²) in [6, 6.07) is 0.727. The predicted octanol–water partition coefficient (Wildman–Crippen LogP) is 4.86. The first-order chi connectivity index (χ1) is 12.9. The van der Waals surface area contributed by atoms with Gasteiger partial charge in [-0.25, -0.2) is 0 Å². The largest absolute Gasteiger partial charge is 0.393 e. The number of aliphatic hydroxyl groups is 1. The highest BCUT2D eigenvalue weighted by Gasteiger charge is 2.63. The zero-order chi connectivity index (χ0) is 19.0. The van der Waals surface area contributed by atoms with Crippen LogP contribution < -0.4 is 0 Å². The zero-order valence-electron chi connectivity index (χ0n) is 17.7. The van der Waals surface area contributed by atoms with Gasteiger partial charge in [0, 0.05) is 23.5 Å². The summed E-state index contributed by atoms with van der Waals surface area (Å²) in [6.07, 6.45) is 18.8. The molecule has 5 fully saturated rings. The van der Waals surface area contributed by atoms with E-state index in [4.69, 9.17) is 6.42 Å². The minimum atomic E-state index is -0.0755. The molecule has 2 heteroatoms. The van der Waals surface area contributed by atoms with E-state index in [1.807, 2.05) is 0 Å². The summed E-state index contributed by atoms with van der Waals surface area (Å²) in [5, 5.41) is 10.5. The van der Waals surface area contributed by atoms with Crippen LogP contribution in [0.3, 0.4) is 0 Å². The number of piperidine rings is 2. The van der Waals surface area contributed by atoms with Crippen LogP contribution in [0.15, 0.2) is 0 Å². The van der Waals surface area contributed by atoms with Crippen LogP contribution in [0, 0.1) is 46.8 Å². The van der Waals surface area contributed by atoms with Crippen LogP contribution in [0.4, 0.5) is 0 Å². The highest BCUT2D eigenvalue weighted by molar-refractivity contribution is 5.21. The van der Waals surface area contributed by atoms with E-state index < -0.39 is 0 Å². The van der Waals surface area contributed by atoms with Crippen molar-refractivity contribution in [3.63, 3.8) is 0 Å². The van der Waals surface area contributed by atoms with E-state index in [2.05, 4.69) is 31.6 Å². The van der Waals surface area contributed by atoms with Crippen molar-refractivity contribution >= 4 is 0 Å². The van der Waals surface area contributed by atoms with Gasteiger partial charge in [0.05, 0.1) is 6.10 Å². The maximum absolute atomic E-state index is 10.5. The van der Waals surface area contributed by atoms with Gasteiger partial charge in [-0.05, 0) is 93.8 Å². The quantitative estimate of drug-likeness (QED) is 0.617. The molecule has 150 valence electrons. The van der Waals surface area contributed by atoms with Crippen LogP contribution >= 0.6 is 0 Å². The van der Waals surface area contributed by atoms with Crippen LogP contribution in [-0.2, 0) is 0 Å². The number of aliphatic hydroxyl groups excluding tert-OH is 1. The SMILES string of the molecule is C#CC12CCCC1C1CCC3C4(C)CCC(O)C(C)C4CCC3(C)N1CC2. The Bertz CT molecular complexity index is 653. The lowest BCUT2D eigenvalue weighted by atomic mass is 9.45. The minimum absolute atomic E-state index is 0.0755. The molecule has 27 heavy (non-hydrogen) atoms. The Kier molecular flexibility index (Phi) is 4.11. The van der Waals surface area contributed by atoms with Gasteiger partial charge in [0.25, 0.3) is 0 Å². The van der Waals surface area contributed by atoms with Gasteiger partial charge in [0.1, 0.15) is 0 Å². The van der Waals surface area contributed by atoms with Crippen molar-refractivity contribution in [1.82, 2.24) is 4.90 Å². The van der Waals surface area contributed by atoms with Crippen molar-refractivity contribution < 1.29 is 5.11 Å². The monoisotopic (exact) mass is 369 g/mol. The van der Waals surface area contributed by atoms with Gasteiger partial charge in [0.15, 0.2) is 0 Å². The van der Waals surface area contributed by atoms with Gasteiger partial charge < -0.3 is 5.11 Å². The summed E-state index contributed by atoms with van der Waals surface area (Å²) in [6.45, 7) is 8.74. The fourth-order valence-corrected chi connectivity index (χ4v) is 9.37. The minimum Gasteiger partial charge on any atom is -0.393 e. The number of fused-ring (bicyclic) bond motifs is 7. The van der Waals surface area contributed by atoms with E-state index in [1.54, 1.807) is 0 Å². The third-order valence-corrected chi connectivity index (χ3v) is 10.8. The maximum Gasteiger partial charge on any atom is 0.0568 e. The molecule has 5 rings (SSSR count). The summed E-state index contributed by atoms with van der Waals surface area (Å²) in [4.78, 5) is 2.98. The fraction of sp³-hybridized carbons (Fsp3) is 0.920. The molecule has 9 unspecified atom stereocenters. The Morgan fingerprint density at radius 1 is 0.963 bits per heavy atom. The molecule has 2 heterocycles. The number of rotatable bonds is 0. The van der Waals surface area contributed by atoms with Gasteiger partial charge in [-0.1, -0.05) is 26.2 Å². The number of hydrogen-bond acceptors (Lipinski definition) is 2. The summed E-state index contributed by atoms with van der Waals surface area (Å²) in [7, 11) is 0. The highest BCUT2D eigenvalue weighted by Crippen LogP contribution is 2.65. The molecule has 2 nitrogen and oxygen atoms in total. The first-order valence-corrected chi connectivity index (χ1v) is 11.8. The van der Waals surface area contributed by atoms with Crippen molar-refractivity contribution in [3.05, 3.63) is 0 Å². The summed E-state index contributed by atoms with van der Waals surface area (Å²) in [5.74, 6) is 6.01. The molecule has 0 spiro atoms. The summed E-state index contributed by atoms with van der Waals surface area (Å²) in [5.41, 5.74) is 0.974. The van der Waals surface area contributed by atoms with E-state index in [-0.39, 0.29) is 11.5 Å². The smallest absolute Gasteiger partial charge is 0.0568 e. The Labute approximate surface area is 166 Å². The average molecular weight is 370 g/mol. The molecule has 0 amide bonds. The van der Waals surface area contributed by atoms with E-state index in [0.717, 1.165) is 24.3 Å². The second kappa shape index (κ2) is 5.99. The molecule has 0 aromatic heterocycles. The molecule has 0 radical (unpaired) electrons. The maximum atomic E-state index is 10.5. The average Bonchev–Trinajstić information content (AvgIpc) is 3.10. The summed E-state index contributed by atoms with van der Waals surface area (Å²) >= 11 is 0. The first-order valence-electron chi connectivity index (χ1n) is 11.8. The van der Waals surface area contributed by atoms with E-state index in [1.165, 1.54) is 64.3 Å². The van der Waals surface area contributed by atoms with Crippen LogP contribution in [0.1, 0.15) is 85.0 Å². The molecule has 0 bridgehead atoms. The van der Waals surface area contributed by atoms with Crippen LogP contribution in [0.5, 0.6) is 0 Å². The lowest BCUT2D eigenvalue weighted by Crippen LogP contribution is -2.70. The van der Waals surface area contributed by atoms with E-state index in [9.17, 15) is 5.11 Å². The Balaban J connectivity index is 1.47. The highest BCUT2D eigenvalue weighted by atomic mass is 16.3. The molecule has 2 saturated heterocycles. The van der Waals surface area contributed by atoms with Gasteiger partial charge in [0.2, 0.25) is 0 Å². The van der Waals surface area contributed by atoms with E-state index >= 15 is 0 Å². The van der Waals surface area contributed by atoms with Crippen molar-refractivity contribution in [2.45, 2.75) is 103 Å². The Morgan fingerprint density at radius 3 is 2.56 bits per heavy atom. The normalized spacial score (nSPS) is 57.7. The number of terminal acetylenes is 1. The van der Waals surface area contributed by atoms with Gasteiger partial charge in [-0.3, -0.25) is 4.90 Å². The second-order valence-electron chi connectivity index (χ2n) is 11.4. The molecule has 3 saturated carbocycles. The number of nitrogens with zero attached hydrogens (tertiary/aromatic N) is 1. The topological polar surface area (TPSA) is 23.5 Å². The number of hydrogen-bond donors (Lipinski definition) is 1. The molecule has 0 aromatic rings. The van der Waals surface area contributed by atoms with Crippen molar-refractivity contribution in [1.29, 1.82) is 0 Å². The Morgan fingerprint density at radius 2 is 1.78 bits per heavy atom. The molecule has 0 aromatic carbocycles. The van der Waals surface area contributed by atoms with Gasteiger partial charge in [-0.15, -0.1) is 6.42 Å². The molecular formula is C25H39NO. The lowest BCUT2D eigenvalue weighted by molar-refractivity contribution is -0.192. The lowest BCUT2D eigenvalue weighted by Gasteiger charge is -2.68. The third kappa shape index (κ3) is 2.28. The van der Waals surface area contributed by atoms with Gasteiger partial charge in [-0.2, -0.15) is 0 Å².